The number of aliphatic hydroxyl groups excluding tert-OH is 1. The molecule has 108 valence electrons. The highest BCUT2D eigenvalue weighted by molar-refractivity contribution is 5.77. The van der Waals surface area contributed by atoms with E-state index in [0.29, 0.717) is 23.7 Å². The minimum Gasteiger partial charge on any atom is -0.484 e. The Balaban J connectivity index is 2.27. The van der Waals surface area contributed by atoms with Gasteiger partial charge in [-0.15, -0.1) is 0 Å². The smallest absolute Gasteiger partial charge is 0.258 e. The van der Waals surface area contributed by atoms with Gasteiger partial charge in [-0.3, -0.25) is 4.79 Å². The van der Waals surface area contributed by atoms with E-state index in [0.717, 1.165) is 0 Å². The first-order chi connectivity index (χ1) is 9.51. The summed E-state index contributed by atoms with van der Waals surface area (Å²) >= 11 is 0. The molecule has 1 amide bonds. The lowest BCUT2D eigenvalue weighted by atomic mass is 10.1. The maximum absolute atomic E-state index is 11.5. The van der Waals surface area contributed by atoms with Crippen LogP contribution >= 0.6 is 0 Å². The Morgan fingerprint density at radius 3 is 2.60 bits per heavy atom. The third kappa shape index (κ3) is 6.21. The molecule has 0 spiro atoms. The van der Waals surface area contributed by atoms with Gasteiger partial charge in [-0.2, -0.15) is 5.26 Å². The minimum absolute atomic E-state index is 0.111. The summed E-state index contributed by atoms with van der Waals surface area (Å²) in [6.45, 7) is 4.14. The fraction of sp³-hybridized carbons (Fsp3) is 0.467. The van der Waals surface area contributed by atoms with E-state index in [1.54, 1.807) is 24.3 Å². The van der Waals surface area contributed by atoms with Crippen LogP contribution < -0.4 is 10.1 Å². The second-order valence-corrected chi connectivity index (χ2v) is 5.01. The van der Waals surface area contributed by atoms with Gasteiger partial charge in [0.05, 0.1) is 17.7 Å². The molecule has 0 bridgehead atoms. The van der Waals surface area contributed by atoms with Crippen LogP contribution in [0.1, 0.15) is 25.8 Å². The Morgan fingerprint density at radius 2 is 2.05 bits per heavy atom. The average Bonchev–Trinajstić information content (AvgIpc) is 2.42. The van der Waals surface area contributed by atoms with Crippen molar-refractivity contribution in [2.45, 2.75) is 26.4 Å². The van der Waals surface area contributed by atoms with E-state index < -0.39 is 6.10 Å². The van der Waals surface area contributed by atoms with Gasteiger partial charge in [0.15, 0.2) is 6.61 Å². The molecule has 0 heterocycles. The second kappa shape index (κ2) is 8.18. The van der Waals surface area contributed by atoms with Crippen LogP contribution in [0.15, 0.2) is 24.3 Å². The van der Waals surface area contributed by atoms with Crippen LogP contribution in [0.25, 0.3) is 0 Å². The van der Waals surface area contributed by atoms with Crippen molar-refractivity contribution in [2.75, 3.05) is 13.2 Å². The number of hydrogen-bond donors (Lipinski definition) is 2. The molecule has 5 nitrogen and oxygen atoms in total. The fourth-order valence-corrected chi connectivity index (χ4v) is 1.68. The lowest BCUT2D eigenvalue weighted by Gasteiger charge is -2.14. The first-order valence-electron chi connectivity index (χ1n) is 6.59. The molecule has 0 radical (unpaired) electrons. The summed E-state index contributed by atoms with van der Waals surface area (Å²) in [5, 5.41) is 20.9. The molecule has 0 aliphatic heterocycles. The van der Waals surface area contributed by atoms with E-state index in [-0.39, 0.29) is 19.1 Å². The molecule has 0 aliphatic rings. The zero-order valence-corrected chi connectivity index (χ0v) is 11.8. The zero-order chi connectivity index (χ0) is 15.0. The van der Waals surface area contributed by atoms with Crippen molar-refractivity contribution in [3.05, 3.63) is 29.8 Å². The van der Waals surface area contributed by atoms with Gasteiger partial charge in [0, 0.05) is 6.54 Å². The zero-order valence-electron chi connectivity index (χ0n) is 11.8. The topological polar surface area (TPSA) is 82.3 Å². The van der Waals surface area contributed by atoms with Crippen LogP contribution in [0.5, 0.6) is 5.75 Å². The monoisotopic (exact) mass is 276 g/mol. The summed E-state index contributed by atoms with van der Waals surface area (Å²) < 4.78 is 5.28. The SMILES string of the molecule is CC(C)CC(O)CNC(=O)COc1ccc(C#N)cc1. The van der Waals surface area contributed by atoms with Gasteiger partial charge in [-0.05, 0) is 36.6 Å². The maximum atomic E-state index is 11.5. The predicted octanol–water partition coefficient (Wildman–Crippen LogP) is 1.46. The molecule has 0 fully saturated rings. The van der Waals surface area contributed by atoms with Crippen LogP contribution in [0.4, 0.5) is 0 Å². The van der Waals surface area contributed by atoms with Crippen molar-refractivity contribution in [1.82, 2.24) is 5.32 Å². The summed E-state index contributed by atoms with van der Waals surface area (Å²) in [7, 11) is 0. The van der Waals surface area contributed by atoms with Gasteiger partial charge < -0.3 is 15.2 Å². The number of rotatable bonds is 7. The third-order valence-electron chi connectivity index (χ3n) is 2.63. The van der Waals surface area contributed by atoms with E-state index >= 15 is 0 Å². The van der Waals surface area contributed by atoms with Crippen molar-refractivity contribution < 1.29 is 14.6 Å². The summed E-state index contributed by atoms with van der Waals surface area (Å²) in [6.07, 6.45) is 0.116. The normalized spacial score (nSPS) is 11.8. The van der Waals surface area contributed by atoms with E-state index in [1.807, 2.05) is 19.9 Å². The molecule has 2 N–H and O–H groups in total. The van der Waals surface area contributed by atoms with E-state index in [2.05, 4.69) is 5.32 Å². The number of carbonyl (C=O) groups is 1. The van der Waals surface area contributed by atoms with Crippen molar-refractivity contribution in [2.24, 2.45) is 5.92 Å². The lowest BCUT2D eigenvalue weighted by molar-refractivity contribution is -0.123. The Bertz CT molecular complexity index is 463. The first-order valence-corrected chi connectivity index (χ1v) is 6.59. The number of nitrogens with one attached hydrogen (secondary N) is 1. The average molecular weight is 276 g/mol. The summed E-state index contributed by atoms with van der Waals surface area (Å²) in [6, 6.07) is 8.53. The molecular formula is C15H20N2O3. The lowest BCUT2D eigenvalue weighted by Crippen LogP contribution is -2.35. The predicted molar refractivity (Wildman–Crippen MR) is 75.1 cm³/mol. The molecule has 1 aromatic carbocycles. The third-order valence-corrected chi connectivity index (χ3v) is 2.63. The molecule has 0 saturated carbocycles. The summed E-state index contributed by atoms with van der Waals surface area (Å²) in [5.41, 5.74) is 0.540. The quantitative estimate of drug-likeness (QED) is 0.790. The molecule has 20 heavy (non-hydrogen) atoms. The van der Waals surface area contributed by atoms with Crippen LogP contribution in [0, 0.1) is 17.2 Å². The number of nitrogens with zero attached hydrogens (tertiary/aromatic N) is 1. The van der Waals surface area contributed by atoms with Gasteiger partial charge in [0.2, 0.25) is 0 Å². The molecular weight excluding hydrogens is 256 g/mol. The van der Waals surface area contributed by atoms with Crippen LogP contribution in [-0.2, 0) is 4.79 Å². The molecule has 1 rings (SSSR count). The van der Waals surface area contributed by atoms with Crippen molar-refractivity contribution in [1.29, 1.82) is 5.26 Å². The highest BCUT2D eigenvalue weighted by atomic mass is 16.5. The van der Waals surface area contributed by atoms with E-state index in [1.165, 1.54) is 0 Å². The number of amides is 1. The van der Waals surface area contributed by atoms with Gasteiger partial charge in [-0.25, -0.2) is 0 Å². The number of ether oxygens (including phenoxy) is 1. The summed E-state index contributed by atoms with van der Waals surface area (Å²) in [5.74, 6) is 0.635. The maximum Gasteiger partial charge on any atom is 0.258 e. The molecule has 0 saturated heterocycles. The minimum atomic E-state index is -0.533. The largest absolute Gasteiger partial charge is 0.484 e. The standard InChI is InChI=1S/C15H20N2O3/c1-11(2)7-13(18)9-17-15(19)10-20-14-5-3-12(8-16)4-6-14/h3-6,11,13,18H,7,9-10H2,1-2H3,(H,17,19). The summed E-state index contributed by atoms with van der Waals surface area (Å²) in [4.78, 5) is 11.5. The number of carbonyl (C=O) groups excluding carboxylic acids is 1. The molecule has 1 atom stereocenters. The van der Waals surface area contributed by atoms with Crippen molar-refractivity contribution >= 4 is 5.91 Å². The fourth-order valence-electron chi connectivity index (χ4n) is 1.68. The molecule has 0 aliphatic carbocycles. The Morgan fingerprint density at radius 1 is 1.40 bits per heavy atom. The van der Waals surface area contributed by atoms with Crippen LogP contribution in [0.2, 0.25) is 0 Å². The molecule has 1 unspecified atom stereocenters. The van der Waals surface area contributed by atoms with Gasteiger partial charge >= 0.3 is 0 Å². The second-order valence-electron chi connectivity index (χ2n) is 5.01. The van der Waals surface area contributed by atoms with Gasteiger partial charge in [0.1, 0.15) is 5.75 Å². The van der Waals surface area contributed by atoms with E-state index in [9.17, 15) is 9.90 Å². The molecule has 0 aromatic heterocycles. The van der Waals surface area contributed by atoms with Crippen LogP contribution in [-0.4, -0.2) is 30.3 Å². The first kappa shape index (κ1) is 16.0. The highest BCUT2D eigenvalue weighted by Gasteiger charge is 2.09. The Hall–Kier alpha value is -2.06. The number of aliphatic hydroxyl groups is 1. The van der Waals surface area contributed by atoms with Gasteiger partial charge in [0.25, 0.3) is 5.91 Å². The molecule has 1 aromatic rings. The van der Waals surface area contributed by atoms with Crippen molar-refractivity contribution in [3.63, 3.8) is 0 Å². The highest BCUT2D eigenvalue weighted by Crippen LogP contribution is 2.11. The van der Waals surface area contributed by atoms with Gasteiger partial charge in [-0.1, -0.05) is 13.8 Å². The Labute approximate surface area is 119 Å². The number of benzene rings is 1. The van der Waals surface area contributed by atoms with Crippen molar-refractivity contribution in [3.8, 4) is 11.8 Å². The van der Waals surface area contributed by atoms with Crippen LogP contribution in [0.3, 0.4) is 0 Å². The Kier molecular flexibility index (Phi) is 6.54. The number of hydrogen-bond acceptors (Lipinski definition) is 4. The van der Waals surface area contributed by atoms with E-state index in [4.69, 9.17) is 10.00 Å². The molecule has 5 heteroatoms. The number of nitriles is 1.